The number of halogens is 3. The topological polar surface area (TPSA) is 9.23 Å². The van der Waals surface area contributed by atoms with E-state index in [1.165, 1.54) is 0 Å². The number of rotatable bonds is 3. The average molecular weight is 405 g/mol. The predicted molar refractivity (Wildman–Crippen MR) is 87.7 cm³/mol. The van der Waals surface area contributed by atoms with Crippen molar-refractivity contribution in [3.63, 3.8) is 0 Å². The second kappa shape index (κ2) is 6.29. The Bertz CT molecular complexity index is 599. The van der Waals surface area contributed by atoms with Crippen LogP contribution in [-0.4, -0.2) is 7.11 Å². The third-order valence-corrected chi connectivity index (χ3v) is 4.87. The van der Waals surface area contributed by atoms with Crippen LogP contribution < -0.4 is 4.74 Å². The zero-order valence-electron chi connectivity index (χ0n) is 10.6. The summed E-state index contributed by atoms with van der Waals surface area (Å²) in [5, 5.41) is 0.772. The molecule has 0 saturated carbocycles. The van der Waals surface area contributed by atoms with Crippen LogP contribution in [0.4, 0.5) is 0 Å². The molecular formula is C15H13Br2ClO. The summed E-state index contributed by atoms with van der Waals surface area (Å²) >= 11 is 13.5. The third-order valence-electron chi connectivity index (χ3n) is 2.90. The lowest BCUT2D eigenvalue weighted by molar-refractivity contribution is 0.412. The lowest BCUT2D eigenvalue weighted by Gasteiger charge is -2.14. The van der Waals surface area contributed by atoms with Crippen LogP contribution in [0.5, 0.6) is 5.75 Å². The second-order valence-corrected chi connectivity index (χ2v) is 6.46. The number of hydrogen-bond donors (Lipinski definition) is 0. The van der Waals surface area contributed by atoms with Gasteiger partial charge in [-0.15, -0.1) is 0 Å². The van der Waals surface area contributed by atoms with Crippen molar-refractivity contribution in [1.29, 1.82) is 0 Å². The molecule has 0 amide bonds. The maximum absolute atomic E-state index is 6.31. The van der Waals surface area contributed by atoms with Gasteiger partial charge in [-0.3, -0.25) is 0 Å². The Morgan fingerprint density at radius 2 is 1.89 bits per heavy atom. The van der Waals surface area contributed by atoms with Crippen molar-refractivity contribution in [3.05, 3.63) is 62.6 Å². The lowest BCUT2D eigenvalue weighted by Crippen LogP contribution is -1.95. The van der Waals surface area contributed by atoms with Crippen LogP contribution in [0.2, 0.25) is 5.02 Å². The van der Waals surface area contributed by atoms with Gasteiger partial charge in [0, 0.05) is 5.02 Å². The number of hydrogen-bond acceptors (Lipinski definition) is 1. The Labute approximate surface area is 135 Å². The molecule has 0 N–H and O–H groups in total. The lowest BCUT2D eigenvalue weighted by atomic mass is 10.0. The minimum Gasteiger partial charge on any atom is -0.496 e. The largest absolute Gasteiger partial charge is 0.496 e. The molecule has 0 fully saturated rings. The number of benzene rings is 2. The van der Waals surface area contributed by atoms with E-state index in [1.54, 1.807) is 7.11 Å². The first-order valence-corrected chi connectivity index (χ1v) is 7.85. The Hall–Kier alpha value is -0.510. The molecule has 0 saturated heterocycles. The van der Waals surface area contributed by atoms with Crippen LogP contribution in [0.25, 0.3) is 0 Å². The molecular weight excluding hydrogens is 391 g/mol. The van der Waals surface area contributed by atoms with Crippen LogP contribution in [0, 0.1) is 6.92 Å². The quantitative estimate of drug-likeness (QED) is 0.579. The second-order valence-electron chi connectivity index (χ2n) is 4.28. The van der Waals surface area contributed by atoms with Gasteiger partial charge >= 0.3 is 0 Å². The monoisotopic (exact) mass is 402 g/mol. The molecule has 0 aromatic heterocycles. The molecule has 2 rings (SSSR count). The highest BCUT2D eigenvalue weighted by molar-refractivity contribution is 9.10. The smallest absolute Gasteiger partial charge is 0.133 e. The van der Waals surface area contributed by atoms with E-state index in [9.17, 15) is 0 Å². The van der Waals surface area contributed by atoms with Gasteiger partial charge in [0.1, 0.15) is 5.75 Å². The van der Waals surface area contributed by atoms with Crippen molar-refractivity contribution < 1.29 is 4.74 Å². The van der Waals surface area contributed by atoms with Crippen LogP contribution in [-0.2, 0) is 0 Å². The molecule has 2 aromatic carbocycles. The fourth-order valence-electron chi connectivity index (χ4n) is 1.86. The van der Waals surface area contributed by atoms with E-state index in [-0.39, 0.29) is 4.83 Å². The van der Waals surface area contributed by atoms with Crippen molar-refractivity contribution in [2.24, 2.45) is 0 Å². The minimum absolute atomic E-state index is 0.0582. The summed E-state index contributed by atoms with van der Waals surface area (Å²) in [4.78, 5) is 0.0582. The Morgan fingerprint density at radius 1 is 1.16 bits per heavy atom. The highest BCUT2D eigenvalue weighted by Crippen LogP contribution is 2.38. The summed E-state index contributed by atoms with van der Waals surface area (Å²) < 4.78 is 6.17. The molecule has 1 nitrogen and oxygen atoms in total. The molecule has 0 radical (unpaired) electrons. The summed E-state index contributed by atoms with van der Waals surface area (Å²) in [6.45, 7) is 2.03. The van der Waals surface area contributed by atoms with Gasteiger partial charge in [-0.1, -0.05) is 45.7 Å². The van der Waals surface area contributed by atoms with Crippen molar-refractivity contribution in [3.8, 4) is 5.75 Å². The first-order chi connectivity index (χ1) is 9.02. The molecule has 4 heteroatoms. The molecule has 0 heterocycles. The molecule has 1 atom stereocenters. The number of methoxy groups -OCH3 is 1. The minimum atomic E-state index is 0.0582. The van der Waals surface area contributed by atoms with E-state index < -0.39 is 0 Å². The molecule has 0 aliphatic rings. The van der Waals surface area contributed by atoms with Gasteiger partial charge < -0.3 is 4.74 Å². The molecule has 0 aliphatic heterocycles. The van der Waals surface area contributed by atoms with Gasteiger partial charge in [0.25, 0.3) is 0 Å². The molecule has 19 heavy (non-hydrogen) atoms. The molecule has 2 aromatic rings. The van der Waals surface area contributed by atoms with Gasteiger partial charge in [0.05, 0.1) is 16.4 Å². The van der Waals surface area contributed by atoms with Crippen molar-refractivity contribution in [1.82, 2.24) is 0 Å². The first kappa shape index (κ1) is 14.9. The normalized spacial score (nSPS) is 12.3. The van der Waals surface area contributed by atoms with Crippen molar-refractivity contribution in [2.45, 2.75) is 11.8 Å². The van der Waals surface area contributed by atoms with Gasteiger partial charge in [0.2, 0.25) is 0 Å². The van der Waals surface area contributed by atoms with Crippen molar-refractivity contribution >= 4 is 43.5 Å². The Morgan fingerprint density at radius 3 is 2.47 bits per heavy atom. The van der Waals surface area contributed by atoms with Gasteiger partial charge in [-0.05, 0) is 57.7 Å². The fourth-order valence-corrected chi connectivity index (χ4v) is 3.58. The van der Waals surface area contributed by atoms with Gasteiger partial charge in [0.15, 0.2) is 0 Å². The summed E-state index contributed by atoms with van der Waals surface area (Å²) in [7, 11) is 1.65. The highest BCUT2D eigenvalue weighted by atomic mass is 79.9. The molecule has 1 unspecified atom stereocenters. The predicted octanol–water partition coefficient (Wildman–Crippen LogP) is 5.90. The molecule has 100 valence electrons. The summed E-state index contributed by atoms with van der Waals surface area (Å²) in [5.41, 5.74) is 3.34. The molecule has 0 aliphatic carbocycles. The third kappa shape index (κ3) is 3.33. The number of alkyl halides is 1. The number of aryl methyl sites for hydroxylation is 1. The highest BCUT2D eigenvalue weighted by Gasteiger charge is 2.15. The van der Waals surface area contributed by atoms with Gasteiger partial charge in [-0.2, -0.15) is 0 Å². The van der Waals surface area contributed by atoms with Crippen LogP contribution in [0.1, 0.15) is 21.5 Å². The van der Waals surface area contributed by atoms with E-state index >= 15 is 0 Å². The SMILES string of the molecule is COc1ccc(C(Br)c2ccc(C)cc2Cl)cc1Br. The average Bonchev–Trinajstić information content (AvgIpc) is 2.38. The summed E-state index contributed by atoms with van der Waals surface area (Å²) in [6, 6.07) is 12.1. The fraction of sp³-hybridized carbons (Fsp3) is 0.200. The first-order valence-electron chi connectivity index (χ1n) is 5.76. The Balaban J connectivity index is 2.38. The maximum atomic E-state index is 6.31. The maximum Gasteiger partial charge on any atom is 0.133 e. The van der Waals surface area contributed by atoms with E-state index in [0.29, 0.717) is 0 Å². The standard InChI is InChI=1S/C15H13Br2ClO/c1-9-3-5-11(13(18)7-9)15(17)10-4-6-14(19-2)12(16)8-10/h3-8,15H,1-2H3. The van der Waals surface area contributed by atoms with Gasteiger partial charge in [-0.25, -0.2) is 0 Å². The van der Waals surface area contributed by atoms with E-state index in [2.05, 4.69) is 44.0 Å². The van der Waals surface area contributed by atoms with Crippen LogP contribution in [0.3, 0.4) is 0 Å². The number of ether oxygens (including phenoxy) is 1. The Kier molecular flexibility index (Phi) is 4.93. The van der Waals surface area contributed by atoms with Crippen LogP contribution >= 0.6 is 43.5 Å². The van der Waals surface area contributed by atoms with E-state index in [0.717, 1.165) is 31.9 Å². The molecule has 0 spiro atoms. The van der Waals surface area contributed by atoms with Crippen LogP contribution in [0.15, 0.2) is 40.9 Å². The molecule has 0 bridgehead atoms. The summed E-state index contributed by atoms with van der Waals surface area (Å²) in [5.74, 6) is 0.818. The zero-order valence-corrected chi connectivity index (χ0v) is 14.5. The zero-order chi connectivity index (χ0) is 14.0. The van der Waals surface area contributed by atoms with Crippen molar-refractivity contribution in [2.75, 3.05) is 7.11 Å². The summed E-state index contributed by atoms with van der Waals surface area (Å²) in [6.07, 6.45) is 0. The van der Waals surface area contributed by atoms with E-state index in [1.807, 2.05) is 31.2 Å². The van der Waals surface area contributed by atoms with E-state index in [4.69, 9.17) is 16.3 Å².